The number of rotatable bonds is 5. The van der Waals surface area contributed by atoms with Gasteiger partial charge in [0.2, 0.25) is 0 Å². The van der Waals surface area contributed by atoms with E-state index >= 15 is 0 Å². The van der Waals surface area contributed by atoms with Gasteiger partial charge < -0.3 is 0 Å². The molecule has 0 spiro atoms. The molecular weight excluding hydrogens is 391 g/mol. The van der Waals surface area contributed by atoms with Gasteiger partial charge in [-0.1, -0.05) is 24.3 Å². The lowest BCUT2D eigenvalue weighted by molar-refractivity contribution is 0.420. The van der Waals surface area contributed by atoms with E-state index in [4.69, 9.17) is 0 Å². The summed E-state index contributed by atoms with van der Waals surface area (Å²) < 4.78 is 38.4. The number of hydrogen-bond donors (Lipinski definition) is 0. The standard InChI is InChI=1S/C22H21FN2O3S/c1-14(15-3-4-15)25-22(26)21(17-5-9-18(23)10-6-17)20(13-24-25)16-7-11-19(12-8-16)29(2,27)28/h5-15H,3-4H2,1-2H3/t14-/m0/s1. The van der Waals surface area contributed by atoms with Gasteiger partial charge in [0.25, 0.3) is 5.56 Å². The molecule has 150 valence electrons. The number of benzene rings is 2. The lowest BCUT2D eigenvalue weighted by Crippen LogP contribution is -2.28. The van der Waals surface area contributed by atoms with Gasteiger partial charge in [0, 0.05) is 11.8 Å². The Kier molecular flexibility index (Phi) is 4.86. The molecule has 1 aliphatic carbocycles. The molecule has 4 rings (SSSR count). The Hall–Kier alpha value is -2.80. The summed E-state index contributed by atoms with van der Waals surface area (Å²) in [5.41, 5.74) is 2.05. The van der Waals surface area contributed by atoms with Crippen LogP contribution in [0, 0.1) is 11.7 Å². The van der Waals surface area contributed by atoms with Gasteiger partial charge in [-0.2, -0.15) is 5.10 Å². The molecule has 1 aliphatic rings. The molecule has 0 N–H and O–H groups in total. The monoisotopic (exact) mass is 412 g/mol. The van der Waals surface area contributed by atoms with Crippen LogP contribution in [0.25, 0.3) is 22.3 Å². The van der Waals surface area contributed by atoms with E-state index in [0.717, 1.165) is 19.1 Å². The molecule has 1 aromatic heterocycles. The van der Waals surface area contributed by atoms with Gasteiger partial charge in [-0.3, -0.25) is 4.79 Å². The maximum atomic E-state index is 13.5. The normalized spacial score (nSPS) is 15.3. The van der Waals surface area contributed by atoms with Crippen molar-refractivity contribution in [2.45, 2.75) is 30.7 Å². The largest absolute Gasteiger partial charge is 0.275 e. The highest BCUT2D eigenvalue weighted by atomic mass is 32.2. The second-order valence-corrected chi connectivity index (χ2v) is 9.58. The van der Waals surface area contributed by atoms with E-state index in [9.17, 15) is 17.6 Å². The summed E-state index contributed by atoms with van der Waals surface area (Å²) in [6, 6.07) is 12.1. The molecule has 1 heterocycles. The molecule has 2 aromatic carbocycles. The van der Waals surface area contributed by atoms with Crippen LogP contribution in [0.4, 0.5) is 4.39 Å². The third-order valence-electron chi connectivity index (χ3n) is 5.42. The number of nitrogens with zero attached hydrogens (tertiary/aromatic N) is 2. The number of aromatic nitrogens is 2. The van der Waals surface area contributed by atoms with Gasteiger partial charge in [-0.25, -0.2) is 17.5 Å². The minimum absolute atomic E-state index is 0.0108. The van der Waals surface area contributed by atoms with Crippen LogP contribution in [0.5, 0.6) is 0 Å². The van der Waals surface area contributed by atoms with Gasteiger partial charge >= 0.3 is 0 Å². The Bertz CT molecular complexity index is 1210. The molecule has 0 unspecified atom stereocenters. The fourth-order valence-electron chi connectivity index (χ4n) is 3.53. The van der Waals surface area contributed by atoms with Crippen molar-refractivity contribution in [1.82, 2.24) is 9.78 Å². The van der Waals surface area contributed by atoms with Gasteiger partial charge in [0.15, 0.2) is 9.84 Å². The van der Waals surface area contributed by atoms with Crippen LogP contribution in [0.2, 0.25) is 0 Å². The Labute approximate surface area is 168 Å². The fraction of sp³-hybridized carbons (Fsp3) is 0.273. The lowest BCUT2D eigenvalue weighted by atomic mass is 9.97. The van der Waals surface area contributed by atoms with E-state index in [1.54, 1.807) is 30.5 Å². The first-order valence-corrected chi connectivity index (χ1v) is 11.3. The predicted octanol–water partition coefficient (Wildman–Crippen LogP) is 4.09. The molecule has 3 aromatic rings. The maximum Gasteiger partial charge on any atom is 0.275 e. The SMILES string of the molecule is C[C@@H](C1CC1)n1ncc(-c2ccc(S(C)(=O)=O)cc2)c(-c2ccc(F)cc2)c1=O. The van der Waals surface area contributed by atoms with Crippen molar-refractivity contribution >= 4 is 9.84 Å². The molecule has 0 amide bonds. The molecule has 0 radical (unpaired) electrons. The lowest BCUT2D eigenvalue weighted by Gasteiger charge is -2.17. The van der Waals surface area contributed by atoms with Crippen molar-refractivity contribution < 1.29 is 12.8 Å². The minimum Gasteiger partial charge on any atom is -0.267 e. The number of sulfone groups is 1. The van der Waals surface area contributed by atoms with E-state index in [2.05, 4.69) is 5.10 Å². The van der Waals surface area contributed by atoms with Crippen molar-refractivity contribution in [2.75, 3.05) is 6.26 Å². The van der Waals surface area contributed by atoms with Gasteiger partial charge in [-0.15, -0.1) is 0 Å². The second kappa shape index (κ2) is 7.22. The molecule has 1 fully saturated rings. The summed E-state index contributed by atoms with van der Waals surface area (Å²) in [6.45, 7) is 1.99. The van der Waals surface area contributed by atoms with E-state index < -0.39 is 9.84 Å². The first-order valence-electron chi connectivity index (χ1n) is 9.44. The Morgan fingerprint density at radius 1 is 1.03 bits per heavy atom. The van der Waals surface area contributed by atoms with Crippen LogP contribution in [0.15, 0.2) is 64.4 Å². The molecule has 0 bridgehead atoms. The summed E-state index contributed by atoms with van der Waals surface area (Å²) in [5.74, 6) is 0.0645. The van der Waals surface area contributed by atoms with Crippen LogP contribution in [0.3, 0.4) is 0 Å². The zero-order chi connectivity index (χ0) is 20.8. The second-order valence-electron chi connectivity index (χ2n) is 7.56. The van der Waals surface area contributed by atoms with Crippen LogP contribution >= 0.6 is 0 Å². The van der Waals surface area contributed by atoms with Crippen LogP contribution in [0.1, 0.15) is 25.8 Å². The molecule has 29 heavy (non-hydrogen) atoms. The van der Waals surface area contributed by atoms with Crippen molar-refractivity contribution in [2.24, 2.45) is 5.92 Å². The number of halogens is 1. The topological polar surface area (TPSA) is 69.0 Å². The quantitative estimate of drug-likeness (QED) is 0.633. The number of hydrogen-bond acceptors (Lipinski definition) is 4. The third-order valence-corrected chi connectivity index (χ3v) is 6.55. The molecule has 0 aliphatic heterocycles. The smallest absolute Gasteiger partial charge is 0.267 e. The van der Waals surface area contributed by atoms with Gasteiger partial charge in [0.05, 0.1) is 22.7 Å². The molecule has 0 saturated heterocycles. The van der Waals surface area contributed by atoms with Gasteiger partial charge in [0.1, 0.15) is 5.82 Å². The van der Waals surface area contributed by atoms with Crippen LogP contribution in [-0.4, -0.2) is 24.5 Å². The fourth-order valence-corrected chi connectivity index (χ4v) is 4.16. The molecule has 5 nitrogen and oxygen atoms in total. The predicted molar refractivity (Wildman–Crippen MR) is 110 cm³/mol. The van der Waals surface area contributed by atoms with Crippen molar-refractivity contribution in [3.8, 4) is 22.3 Å². The average Bonchev–Trinajstić information content (AvgIpc) is 3.53. The first-order chi connectivity index (χ1) is 13.8. The van der Waals surface area contributed by atoms with E-state index in [1.807, 2.05) is 6.92 Å². The highest BCUT2D eigenvalue weighted by Gasteiger charge is 2.31. The Morgan fingerprint density at radius 2 is 1.62 bits per heavy atom. The summed E-state index contributed by atoms with van der Waals surface area (Å²) in [4.78, 5) is 13.6. The summed E-state index contributed by atoms with van der Waals surface area (Å²) >= 11 is 0. The van der Waals surface area contributed by atoms with E-state index in [1.165, 1.54) is 28.9 Å². The zero-order valence-corrected chi connectivity index (χ0v) is 17.0. The first kappa shape index (κ1) is 19.5. The highest BCUT2D eigenvalue weighted by Crippen LogP contribution is 2.39. The summed E-state index contributed by atoms with van der Waals surface area (Å²) in [7, 11) is -3.32. The molecular formula is C22H21FN2O3S. The maximum absolute atomic E-state index is 13.5. The third kappa shape index (κ3) is 3.87. The highest BCUT2D eigenvalue weighted by molar-refractivity contribution is 7.90. The van der Waals surface area contributed by atoms with E-state index in [-0.39, 0.29) is 22.3 Å². The Balaban J connectivity index is 1.90. The van der Waals surface area contributed by atoms with Gasteiger partial charge in [-0.05, 0) is 61.1 Å². The van der Waals surface area contributed by atoms with Crippen LogP contribution < -0.4 is 5.56 Å². The van der Waals surface area contributed by atoms with Crippen LogP contribution in [-0.2, 0) is 9.84 Å². The summed E-state index contributed by atoms with van der Waals surface area (Å²) in [6.07, 6.45) is 4.94. The average molecular weight is 412 g/mol. The summed E-state index contributed by atoms with van der Waals surface area (Å²) in [5, 5.41) is 4.40. The van der Waals surface area contributed by atoms with Crippen molar-refractivity contribution in [3.05, 3.63) is 70.9 Å². The molecule has 7 heteroatoms. The Morgan fingerprint density at radius 3 is 2.17 bits per heavy atom. The minimum atomic E-state index is -3.32. The van der Waals surface area contributed by atoms with Crippen molar-refractivity contribution in [3.63, 3.8) is 0 Å². The molecule has 1 atom stereocenters. The zero-order valence-electron chi connectivity index (χ0n) is 16.2. The van der Waals surface area contributed by atoms with E-state index in [0.29, 0.717) is 28.2 Å². The van der Waals surface area contributed by atoms with Crippen molar-refractivity contribution in [1.29, 1.82) is 0 Å². The molecule has 1 saturated carbocycles.